The van der Waals surface area contributed by atoms with E-state index >= 15 is 0 Å². The third-order valence-electron chi connectivity index (χ3n) is 3.74. The summed E-state index contributed by atoms with van der Waals surface area (Å²) in [6.07, 6.45) is 0. The van der Waals surface area contributed by atoms with E-state index in [4.69, 9.17) is 9.47 Å². The van der Waals surface area contributed by atoms with Crippen LogP contribution in [0.15, 0.2) is 53.0 Å². The minimum absolute atomic E-state index is 0.128. The normalized spacial score (nSPS) is 11.7. The largest absolute Gasteiger partial charge is 0.497 e. The molecule has 1 unspecified atom stereocenters. The lowest BCUT2D eigenvalue weighted by atomic mass is 10.2. The van der Waals surface area contributed by atoms with Crippen LogP contribution in [-0.2, 0) is 4.79 Å². The molecule has 0 fully saturated rings. The van der Waals surface area contributed by atoms with Gasteiger partial charge in [-0.05, 0) is 53.7 Å². The van der Waals surface area contributed by atoms with Crippen molar-refractivity contribution >= 4 is 21.8 Å². The fraction of sp³-hybridized carbons (Fsp3) is 0.222. The van der Waals surface area contributed by atoms with Gasteiger partial charge in [-0.2, -0.15) is 4.68 Å². The van der Waals surface area contributed by atoms with Gasteiger partial charge >= 0.3 is 0 Å². The molecule has 27 heavy (non-hydrogen) atoms. The number of methoxy groups -OCH3 is 1. The summed E-state index contributed by atoms with van der Waals surface area (Å²) in [6.45, 7) is 1.68. The van der Waals surface area contributed by atoms with Crippen LogP contribution in [0.2, 0.25) is 0 Å². The highest BCUT2D eigenvalue weighted by atomic mass is 79.9. The Labute approximate surface area is 164 Å². The molecule has 3 aromatic rings. The first-order valence-corrected chi connectivity index (χ1v) is 8.96. The van der Waals surface area contributed by atoms with Gasteiger partial charge in [-0.15, -0.1) is 5.10 Å². The summed E-state index contributed by atoms with van der Waals surface area (Å²) < 4.78 is 13.2. The maximum Gasteiger partial charge on any atom is 0.258 e. The summed E-state index contributed by atoms with van der Waals surface area (Å²) in [6, 6.07) is 14.2. The fourth-order valence-corrected chi connectivity index (χ4v) is 2.68. The van der Waals surface area contributed by atoms with Crippen molar-refractivity contribution in [2.75, 3.05) is 13.7 Å². The minimum atomic E-state index is -0.398. The third-order valence-corrected chi connectivity index (χ3v) is 4.27. The number of ether oxygens (including phenoxy) is 2. The van der Waals surface area contributed by atoms with Gasteiger partial charge in [0.05, 0.1) is 18.8 Å². The molecule has 0 bridgehead atoms. The van der Waals surface area contributed by atoms with Crippen LogP contribution in [0.1, 0.15) is 18.8 Å². The summed E-state index contributed by atoms with van der Waals surface area (Å²) in [5.41, 5.74) is 0.798. The van der Waals surface area contributed by atoms with Crippen LogP contribution < -0.4 is 14.8 Å². The summed E-state index contributed by atoms with van der Waals surface area (Å²) in [5.74, 6) is 1.45. The molecular formula is C18H18BrN5O3. The van der Waals surface area contributed by atoms with Gasteiger partial charge in [-0.1, -0.05) is 22.0 Å². The molecule has 0 aliphatic heterocycles. The van der Waals surface area contributed by atoms with Gasteiger partial charge in [0.1, 0.15) is 11.5 Å². The molecule has 1 N–H and O–H groups in total. The van der Waals surface area contributed by atoms with Crippen LogP contribution in [0.25, 0.3) is 5.69 Å². The topological polar surface area (TPSA) is 91.2 Å². The average molecular weight is 432 g/mol. The lowest BCUT2D eigenvalue weighted by Crippen LogP contribution is -2.32. The highest BCUT2D eigenvalue weighted by Crippen LogP contribution is 2.19. The van der Waals surface area contributed by atoms with Crippen molar-refractivity contribution in [3.05, 3.63) is 58.8 Å². The van der Waals surface area contributed by atoms with E-state index in [9.17, 15) is 4.79 Å². The Balaban J connectivity index is 1.62. The zero-order chi connectivity index (χ0) is 19.2. The number of benzene rings is 2. The number of carbonyl (C=O) groups excluding carboxylic acids is 1. The van der Waals surface area contributed by atoms with Gasteiger partial charge in [-0.25, -0.2) is 0 Å². The average Bonchev–Trinajstić information content (AvgIpc) is 3.17. The number of hydrogen-bond acceptors (Lipinski definition) is 6. The zero-order valence-corrected chi connectivity index (χ0v) is 16.4. The molecule has 0 saturated heterocycles. The number of nitrogens with one attached hydrogen (secondary N) is 1. The molecule has 0 radical (unpaired) electrons. The molecular weight excluding hydrogens is 414 g/mol. The monoisotopic (exact) mass is 431 g/mol. The summed E-state index contributed by atoms with van der Waals surface area (Å²) in [4.78, 5) is 12.2. The first kappa shape index (κ1) is 18.8. The molecule has 1 amide bonds. The fourth-order valence-electron chi connectivity index (χ4n) is 2.42. The Bertz CT molecular complexity index is 913. The van der Waals surface area contributed by atoms with Gasteiger partial charge in [0.25, 0.3) is 5.91 Å². The molecule has 0 saturated carbocycles. The number of hydrogen-bond donors (Lipinski definition) is 1. The summed E-state index contributed by atoms with van der Waals surface area (Å²) in [7, 11) is 1.57. The van der Waals surface area contributed by atoms with E-state index in [0.29, 0.717) is 17.3 Å². The Morgan fingerprint density at radius 3 is 2.70 bits per heavy atom. The lowest BCUT2D eigenvalue weighted by molar-refractivity contribution is -0.123. The Kier molecular flexibility index (Phi) is 6.02. The van der Waals surface area contributed by atoms with Crippen molar-refractivity contribution in [3.63, 3.8) is 0 Å². The molecule has 8 nitrogen and oxygen atoms in total. The summed E-state index contributed by atoms with van der Waals surface area (Å²) >= 11 is 3.39. The van der Waals surface area contributed by atoms with Crippen LogP contribution >= 0.6 is 15.9 Å². The molecule has 1 aromatic heterocycles. The van der Waals surface area contributed by atoms with Crippen molar-refractivity contribution in [2.24, 2.45) is 0 Å². The van der Waals surface area contributed by atoms with E-state index in [2.05, 4.69) is 36.8 Å². The molecule has 140 valence electrons. The van der Waals surface area contributed by atoms with Crippen LogP contribution in [0, 0.1) is 0 Å². The zero-order valence-electron chi connectivity index (χ0n) is 14.8. The Hall–Kier alpha value is -2.94. The van der Waals surface area contributed by atoms with Crippen molar-refractivity contribution < 1.29 is 14.3 Å². The van der Waals surface area contributed by atoms with Gasteiger partial charge in [0.15, 0.2) is 12.4 Å². The quantitative estimate of drug-likeness (QED) is 0.618. The molecule has 9 heteroatoms. The van der Waals surface area contributed by atoms with Gasteiger partial charge in [-0.3, -0.25) is 4.79 Å². The van der Waals surface area contributed by atoms with Crippen molar-refractivity contribution in [2.45, 2.75) is 13.0 Å². The number of carbonyl (C=O) groups is 1. The number of aromatic nitrogens is 4. The molecule has 0 aliphatic rings. The second-order valence-electron chi connectivity index (χ2n) is 5.68. The number of rotatable bonds is 7. The van der Waals surface area contributed by atoms with E-state index in [1.54, 1.807) is 36.1 Å². The van der Waals surface area contributed by atoms with Gasteiger partial charge < -0.3 is 14.8 Å². The van der Waals surface area contributed by atoms with Crippen molar-refractivity contribution in [1.29, 1.82) is 0 Å². The SMILES string of the molecule is COc1cccc(OCC(=O)NC(C)c2nnnn2-c2ccc(Br)cc2)c1. The number of tetrazole rings is 1. The van der Waals surface area contributed by atoms with Crippen LogP contribution in [0.5, 0.6) is 11.5 Å². The predicted octanol–water partition coefficient (Wildman–Crippen LogP) is 2.69. The predicted molar refractivity (Wildman–Crippen MR) is 102 cm³/mol. The molecule has 1 atom stereocenters. The minimum Gasteiger partial charge on any atom is -0.497 e. The van der Waals surface area contributed by atoms with E-state index in [1.165, 1.54) is 0 Å². The third kappa shape index (κ3) is 4.82. The van der Waals surface area contributed by atoms with E-state index < -0.39 is 6.04 Å². The first-order valence-electron chi connectivity index (χ1n) is 8.17. The highest BCUT2D eigenvalue weighted by molar-refractivity contribution is 9.10. The smallest absolute Gasteiger partial charge is 0.258 e. The van der Waals surface area contributed by atoms with Crippen molar-refractivity contribution in [3.8, 4) is 17.2 Å². The Morgan fingerprint density at radius 1 is 1.22 bits per heavy atom. The second-order valence-corrected chi connectivity index (χ2v) is 6.60. The number of halogens is 1. The maximum absolute atomic E-state index is 12.2. The van der Waals surface area contributed by atoms with E-state index in [-0.39, 0.29) is 12.5 Å². The van der Waals surface area contributed by atoms with E-state index in [0.717, 1.165) is 10.2 Å². The molecule has 1 heterocycles. The standard InChI is InChI=1S/C18H18BrN5O3/c1-12(18-21-22-23-24(18)14-8-6-13(19)7-9-14)20-17(25)11-27-16-5-3-4-15(10-16)26-2/h3-10,12H,11H2,1-2H3,(H,20,25). The first-order chi connectivity index (χ1) is 13.1. The van der Waals surface area contributed by atoms with E-state index in [1.807, 2.05) is 31.2 Å². The maximum atomic E-state index is 12.2. The van der Waals surface area contributed by atoms with Crippen molar-refractivity contribution in [1.82, 2.24) is 25.5 Å². The summed E-state index contributed by atoms with van der Waals surface area (Å²) in [5, 5.41) is 14.6. The van der Waals surface area contributed by atoms with Gasteiger partial charge in [0.2, 0.25) is 0 Å². The molecule has 3 rings (SSSR count). The second kappa shape index (κ2) is 8.63. The van der Waals surface area contributed by atoms with Crippen LogP contribution in [0.4, 0.5) is 0 Å². The Morgan fingerprint density at radius 2 is 1.96 bits per heavy atom. The highest BCUT2D eigenvalue weighted by Gasteiger charge is 2.18. The number of nitrogens with zero attached hydrogens (tertiary/aromatic N) is 4. The molecule has 0 spiro atoms. The molecule has 2 aromatic carbocycles. The van der Waals surface area contributed by atoms with Crippen LogP contribution in [0.3, 0.4) is 0 Å². The number of amides is 1. The lowest BCUT2D eigenvalue weighted by Gasteiger charge is -2.14. The van der Waals surface area contributed by atoms with Crippen LogP contribution in [-0.4, -0.2) is 39.8 Å². The van der Waals surface area contributed by atoms with Gasteiger partial charge in [0, 0.05) is 10.5 Å². The molecule has 0 aliphatic carbocycles.